The highest BCUT2D eigenvalue weighted by Crippen LogP contribution is 2.44. The molecule has 0 aliphatic rings. The Balaban J connectivity index is 2.63. The molecule has 0 saturated heterocycles. The van der Waals surface area contributed by atoms with Gasteiger partial charge in [-0.3, -0.25) is 0 Å². The van der Waals surface area contributed by atoms with Gasteiger partial charge in [0.05, 0.1) is 19.8 Å². The molecule has 3 rings (SSSR count). The van der Waals surface area contributed by atoms with Crippen LogP contribution in [0.15, 0.2) is 40.9 Å². The Kier molecular flexibility index (Phi) is 5.33. The van der Waals surface area contributed by atoms with Gasteiger partial charge < -0.3 is 14.6 Å². The first-order chi connectivity index (χ1) is 13.3. The second kappa shape index (κ2) is 7.55. The van der Waals surface area contributed by atoms with Gasteiger partial charge in [-0.1, -0.05) is 22.0 Å². The van der Waals surface area contributed by atoms with E-state index in [-0.39, 0.29) is 27.5 Å². The molecule has 5 nitrogen and oxygen atoms in total. The molecule has 3 aromatic rings. The Hall–Kier alpha value is -3.00. The molecule has 0 heterocycles. The summed E-state index contributed by atoms with van der Waals surface area (Å²) in [5, 5.41) is 10.8. The molecule has 144 valence electrons. The smallest absolute Gasteiger partial charge is 0.342 e. The maximum atomic E-state index is 14.0. The van der Waals surface area contributed by atoms with E-state index in [2.05, 4.69) is 15.9 Å². The van der Waals surface area contributed by atoms with Gasteiger partial charge in [0.25, 0.3) is 0 Å². The zero-order valence-electron chi connectivity index (χ0n) is 14.7. The van der Waals surface area contributed by atoms with Crippen molar-refractivity contribution in [2.75, 3.05) is 14.2 Å². The number of carbonyl (C=O) groups is 2. The van der Waals surface area contributed by atoms with E-state index in [1.807, 2.05) is 0 Å². The normalized spacial score (nSPS) is 10.8. The quantitative estimate of drug-likeness (QED) is 0.578. The molecule has 3 aromatic carbocycles. The third-order valence-corrected chi connectivity index (χ3v) is 4.91. The molecule has 8 heteroatoms. The monoisotopic (exact) mass is 450 g/mol. The van der Waals surface area contributed by atoms with E-state index in [1.165, 1.54) is 18.2 Å². The van der Waals surface area contributed by atoms with Gasteiger partial charge in [0.15, 0.2) is 0 Å². The summed E-state index contributed by atoms with van der Waals surface area (Å²) in [5.74, 6) is -3.76. The van der Waals surface area contributed by atoms with Crippen molar-refractivity contribution >= 4 is 38.6 Å². The second-order valence-corrected chi connectivity index (χ2v) is 6.63. The zero-order chi connectivity index (χ0) is 20.6. The van der Waals surface area contributed by atoms with Gasteiger partial charge in [-0.2, -0.15) is 0 Å². The molecular weight excluding hydrogens is 438 g/mol. The van der Waals surface area contributed by atoms with Crippen LogP contribution in [0.5, 0.6) is 5.75 Å². The molecule has 0 amide bonds. The van der Waals surface area contributed by atoms with Crippen LogP contribution in [-0.4, -0.2) is 31.3 Å². The Morgan fingerprint density at radius 1 is 0.893 bits per heavy atom. The lowest BCUT2D eigenvalue weighted by Crippen LogP contribution is -2.12. The third-order valence-electron chi connectivity index (χ3n) is 4.22. The predicted octanol–water partition coefficient (Wildman–Crippen LogP) is 4.83. The van der Waals surface area contributed by atoms with Crippen LogP contribution in [0.4, 0.5) is 8.78 Å². The fraction of sp³-hybridized carbons (Fsp3) is 0.100. The fourth-order valence-corrected chi connectivity index (χ4v) is 3.46. The number of esters is 2. The number of hydrogen-bond acceptors (Lipinski definition) is 5. The number of rotatable bonds is 3. The van der Waals surface area contributed by atoms with Crippen molar-refractivity contribution in [2.24, 2.45) is 0 Å². The third kappa shape index (κ3) is 3.20. The topological polar surface area (TPSA) is 72.8 Å². The molecule has 0 aliphatic heterocycles. The summed E-state index contributed by atoms with van der Waals surface area (Å²) in [6.07, 6.45) is 0. The highest BCUT2D eigenvalue weighted by Gasteiger charge is 2.30. The number of halogens is 3. The maximum Gasteiger partial charge on any atom is 0.342 e. The van der Waals surface area contributed by atoms with Crippen molar-refractivity contribution in [1.29, 1.82) is 0 Å². The van der Waals surface area contributed by atoms with E-state index in [1.54, 1.807) is 0 Å². The number of carbonyl (C=O) groups excluding carboxylic acids is 2. The van der Waals surface area contributed by atoms with Crippen LogP contribution in [0.1, 0.15) is 20.7 Å². The van der Waals surface area contributed by atoms with E-state index in [4.69, 9.17) is 9.47 Å². The zero-order valence-corrected chi connectivity index (χ0v) is 16.3. The van der Waals surface area contributed by atoms with Gasteiger partial charge in [0.1, 0.15) is 22.9 Å². The van der Waals surface area contributed by atoms with Crippen LogP contribution in [0.2, 0.25) is 0 Å². The summed E-state index contributed by atoms with van der Waals surface area (Å²) in [4.78, 5) is 25.1. The van der Waals surface area contributed by atoms with E-state index in [0.717, 1.165) is 32.4 Å². The summed E-state index contributed by atoms with van der Waals surface area (Å²) in [6, 6.07) is 7.00. The molecule has 28 heavy (non-hydrogen) atoms. The summed E-state index contributed by atoms with van der Waals surface area (Å²) in [5.41, 5.74) is -0.529. The van der Waals surface area contributed by atoms with Gasteiger partial charge in [0.2, 0.25) is 0 Å². The fourth-order valence-electron chi connectivity index (χ4n) is 3.02. The van der Waals surface area contributed by atoms with Crippen LogP contribution in [-0.2, 0) is 9.47 Å². The minimum atomic E-state index is -0.986. The van der Waals surface area contributed by atoms with E-state index in [0.29, 0.717) is 4.47 Å². The van der Waals surface area contributed by atoms with E-state index in [9.17, 15) is 23.5 Å². The van der Waals surface area contributed by atoms with Crippen LogP contribution >= 0.6 is 15.9 Å². The number of methoxy groups -OCH3 is 2. The van der Waals surface area contributed by atoms with Crippen molar-refractivity contribution in [3.63, 3.8) is 0 Å². The first-order valence-electron chi connectivity index (χ1n) is 7.90. The molecule has 1 N–H and O–H groups in total. The van der Waals surface area contributed by atoms with Crippen molar-refractivity contribution in [3.8, 4) is 16.9 Å². The number of ether oxygens (including phenoxy) is 2. The molecule has 0 atom stereocenters. The van der Waals surface area contributed by atoms with Gasteiger partial charge in [-0.05, 0) is 30.3 Å². The highest BCUT2D eigenvalue weighted by atomic mass is 79.9. The molecular formula is C20H13BrF2O5. The molecule has 0 fully saturated rings. The minimum Gasteiger partial charge on any atom is -0.506 e. The van der Waals surface area contributed by atoms with Crippen LogP contribution < -0.4 is 0 Å². The largest absolute Gasteiger partial charge is 0.506 e. The molecule has 0 aliphatic carbocycles. The molecule has 0 saturated carbocycles. The lowest BCUT2D eigenvalue weighted by molar-refractivity contribution is 0.0598. The molecule has 0 aromatic heterocycles. The van der Waals surface area contributed by atoms with Gasteiger partial charge in [-0.25, -0.2) is 18.4 Å². The number of fused-ring (bicyclic) bond motifs is 1. The number of phenols is 1. The summed E-state index contributed by atoms with van der Waals surface area (Å²) >= 11 is 3.27. The average Bonchev–Trinajstić information content (AvgIpc) is 2.68. The van der Waals surface area contributed by atoms with E-state index < -0.39 is 34.9 Å². The first kappa shape index (κ1) is 19.8. The summed E-state index contributed by atoms with van der Waals surface area (Å²) in [6.45, 7) is 0. The van der Waals surface area contributed by atoms with Crippen LogP contribution in [0.3, 0.4) is 0 Å². The lowest BCUT2D eigenvalue weighted by atomic mass is 9.88. The summed E-state index contributed by atoms with van der Waals surface area (Å²) < 4.78 is 37.7. The predicted molar refractivity (Wildman–Crippen MR) is 101 cm³/mol. The average molecular weight is 451 g/mol. The van der Waals surface area contributed by atoms with Gasteiger partial charge in [0, 0.05) is 26.4 Å². The number of phenolic OH excluding ortho intramolecular Hbond substituents is 1. The van der Waals surface area contributed by atoms with E-state index >= 15 is 0 Å². The van der Waals surface area contributed by atoms with Crippen molar-refractivity contribution in [2.45, 2.75) is 0 Å². The van der Waals surface area contributed by atoms with Crippen LogP contribution in [0, 0.1) is 11.6 Å². The highest BCUT2D eigenvalue weighted by molar-refractivity contribution is 9.10. The van der Waals surface area contributed by atoms with Crippen molar-refractivity contribution in [3.05, 3.63) is 63.6 Å². The van der Waals surface area contributed by atoms with Crippen LogP contribution in [0.25, 0.3) is 21.9 Å². The molecule has 0 radical (unpaired) electrons. The van der Waals surface area contributed by atoms with Crippen molar-refractivity contribution < 1.29 is 33.0 Å². The Morgan fingerprint density at radius 2 is 1.46 bits per heavy atom. The Bertz CT molecular complexity index is 1130. The maximum absolute atomic E-state index is 14.0. The van der Waals surface area contributed by atoms with Gasteiger partial charge >= 0.3 is 11.9 Å². The SMILES string of the molecule is COC(=O)c1c(-c2cc(F)ccc2Br)c(C(=O)OC)c2ccc(F)cc2c1O. The number of aromatic hydroxyl groups is 1. The number of benzene rings is 3. The standard InChI is InChI=1S/C20H13BrF2O5/c1-27-19(25)16-11-5-3-9(22)7-12(11)18(24)17(20(26)28-2)15(16)13-8-10(23)4-6-14(13)21/h3-8,24H,1-2H3. The first-order valence-corrected chi connectivity index (χ1v) is 8.69. The second-order valence-electron chi connectivity index (χ2n) is 5.77. The Labute approximate surface area is 166 Å². The Morgan fingerprint density at radius 3 is 2.11 bits per heavy atom. The summed E-state index contributed by atoms with van der Waals surface area (Å²) in [7, 11) is 2.21. The van der Waals surface area contributed by atoms with Crippen molar-refractivity contribution in [1.82, 2.24) is 0 Å². The lowest BCUT2D eigenvalue weighted by Gasteiger charge is -2.19. The molecule has 0 unspecified atom stereocenters. The minimum absolute atomic E-state index is 0.0860. The molecule has 0 spiro atoms. The van der Waals surface area contributed by atoms with Gasteiger partial charge in [-0.15, -0.1) is 0 Å². The molecule has 0 bridgehead atoms. The number of hydrogen-bond donors (Lipinski definition) is 1.